The molecule has 0 spiro atoms. The van der Waals surface area contributed by atoms with Gasteiger partial charge in [-0.25, -0.2) is 13.6 Å². The summed E-state index contributed by atoms with van der Waals surface area (Å²) in [4.78, 5) is 10.6. The van der Waals surface area contributed by atoms with Crippen molar-refractivity contribution in [3.05, 3.63) is 35.4 Å². The van der Waals surface area contributed by atoms with E-state index in [1.165, 1.54) is 0 Å². The zero-order valence-electron chi connectivity index (χ0n) is 8.87. The summed E-state index contributed by atoms with van der Waals surface area (Å²) < 4.78 is 54.7. The molecule has 1 saturated carbocycles. The van der Waals surface area contributed by atoms with Crippen molar-refractivity contribution < 1.29 is 32.2 Å². The van der Waals surface area contributed by atoms with Crippen LogP contribution in [0.2, 0.25) is 0 Å². The van der Waals surface area contributed by atoms with E-state index in [-0.39, 0.29) is 11.1 Å². The van der Waals surface area contributed by atoms with Crippen LogP contribution in [0.5, 0.6) is 0 Å². The Morgan fingerprint density at radius 2 is 1.78 bits per heavy atom. The topological polar surface area (TPSA) is 46.5 Å². The molecule has 0 aliphatic heterocycles. The van der Waals surface area contributed by atoms with Gasteiger partial charge in [-0.1, -0.05) is 12.1 Å². The number of ether oxygens (including phenoxy) is 1. The third-order valence-corrected chi connectivity index (χ3v) is 2.83. The van der Waals surface area contributed by atoms with E-state index in [9.17, 15) is 22.4 Å². The zero-order chi connectivity index (χ0) is 13.6. The summed E-state index contributed by atoms with van der Waals surface area (Å²) in [6.07, 6.45) is -0.837. The van der Waals surface area contributed by atoms with Crippen LogP contribution < -0.4 is 0 Å². The molecule has 0 saturated heterocycles. The quantitative estimate of drug-likeness (QED) is 0.850. The lowest BCUT2D eigenvalue weighted by atomic mass is 10.0. The molecule has 3 nitrogen and oxygen atoms in total. The van der Waals surface area contributed by atoms with Gasteiger partial charge in [0, 0.05) is 0 Å². The Hall–Kier alpha value is -1.63. The molecular weight excluding hydrogens is 256 g/mol. The van der Waals surface area contributed by atoms with Gasteiger partial charge in [-0.2, -0.15) is 8.78 Å². The van der Waals surface area contributed by atoms with E-state index in [1.807, 2.05) is 0 Å². The fourth-order valence-corrected chi connectivity index (χ4v) is 1.81. The maximum absolute atomic E-state index is 13.2. The van der Waals surface area contributed by atoms with E-state index in [0.717, 1.165) is 24.3 Å². The molecule has 0 aromatic heterocycles. The van der Waals surface area contributed by atoms with Crippen LogP contribution in [0.3, 0.4) is 0 Å². The van der Waals surface area contributed by atoms with Crippen LogP contribution in [-0.4, -0.2) is 23.6 Å². The third-order valence-electron chi connectivity index (χ3n) is 2.83. The van der Waals surface area contributed by atoms with Gasteiger partial charge in [-0.05, 0) is 17.7 Å². The molecule has 1 aliphatic carbocycles. The Morgan fingerprint density at radius 1 is 1.28 bits per heavy atom. The molecule has 1 atom stereocenters. The van der Waals surface area contributed by atoms with Crippen molar-refractivity contribution in [2.24, 2.45) is 0 Å². The fraction of sp³-hybridized carbons (Fsp3) is 0.364. The first-order chi connectivity index (χ1) is 8.28. The molecule has 1 fully saturated rings. The Kier molecular flexibility index (Phi) is 2.81. The van der Waals surface area contributed by atoms with Gasteiger partial charge in [0.2, 0.25) is 0 Å². The van der Waals surface area contributed by atoms with Crippen LogP contribution in [0.4, 0.5) is 17.6 Å². The highest BCUT2D eigenvalue weighted by atomic mass is 19.3. The number of hydrogen-bond acceptors (Lipinski definition) is 2. The number of carboxylic acids is 1. The summed E-state index contributed by atoms with van der Waals surface area (Å²) >= 11 is 0. The molecule has 0 radical (unpaired) electrons. The molecule has 1 aromatic carbocycles. The molecule has 7 heteroatoms. The highest BCUT2D eigenvalue weighted by Gasteiger charge is 2.74. The van der Waals surface area contributed by atoms with Crippen LogP contribution in [-0.2, 0) is 10.3 Å². The lowest BCUT2D eigenvalue weighted by Gasteiger charge is -2.17. The smallest absolute Gasteiger partial charge is 0.346 e. The van der Waals surface area contributed by atoms with Gasteiger partial charge in [-0.3, -0.25) is 0 Å². The number of hydrogen-bond donors (Lipinski definition) is 1. The molecule has 18 heavy (non-hydrogen) atoms. The van der Waals surface area contributed by atoms with Crippen LogP contribution in [0.25, 0.3) is 0 Å². The van der Waals surface area contributed by atoms with Crippen molar-refractivity contribution in [2.45, 2.75) is 24.6 Å². The molecule has 1 aliphatic rings. The Labute approximate surface area is 99.0 Å². The van der Waals surface area contributed by atoms with Gasteiger partial charge in [0.1, 0.15) is 0 Å². The molecule has 0 heterocycles. The van der Waals surface area contributed by atoms with Crippen LogP contribution in [0.15, 0.2) is 24.3 Å². The van der Waals surface area contributed by atoms with Gasteiger partial charge in [0.05, 0.1) is 12.0 Å². The van der Waals surface area contributed by atoms with E-state index in [4.69, 9.17) is 5.11 Å². The van der Waals surface area contributed by atoms with E-state index in [0.29, 0.717) is 0 Å². The Bertz CT molecular complexity index is 472. The van der Waals surface area contributed by atoms with E-state index in [2.05, 4.69) is 4.74 Å². The van der Waals surface area contributed by atoms with Crippen molar-refractivity contribution in [3.63, 3.8) is 0 Å². The summed E-state index contributed by atoms with van der Waals surface area (Å²) in [7, 11) is 0. The van der Waals surface area contributed by atoms with Crippen LogP contribution in [0, 0.1) is 0 Å². The Balaban J connectivity index is 2.31. The summed E-state index contributed by atoms with van der Waals surface area (Å²) in [5, 5.41) is 8.64. The van der Waals surface area contributed by atoms with Gasteiger partial charge < -0.3 is 9.84 Å². The van der Waals surface area contributed by atoms with Gasteiger partial charge in [0.25, 0.3) is 5.92 Å². The summed E-state index contributed by atoms with van der Waals surface area (Å²) in [6, 6.07) is 4.27. The Morgan fingerprint density at radius 3 is 2.11 bits per heavy atom. The van der Waals surface area contributed by atoms with Gasteiger partial charge in [0.15, 0.2) is 5.60 Å². The lowest BCUT2D eigenvalue weighted by Crippen LogP contribution is -2.23. The normalized spacial score (nSPS) is 25.2. The second-order valence-corrected chi connectivity index (χ2v) is 3.97. The van der Waals surface area contributed by atoms with E-state index in [1.54, 1.807) is 0 Å². The second-order valence-electron chi connectivity index (χ2n) is 3.97. The van der Waals surface area contributed by atoms with E-state index < -0.39 is 30.5 Å². The number of aromatic carboxylic acids is 1. The monoisotopic (exact) mass is 264 g/mol. The molecule has 1 unspecified atom stereocenters. The first-order valence-corrected chi connectivity index (χ1v) is 4.96. The first kappa shape index (κ1) is 12.8. The van der Waals surface area contributed by atoms with Crippen molar-refractivity contribution in [2.75, 3.05) is 0 Å². The van der Waals surface area contributed by atoms with Gasteiger partial charge >= 0.3 is 12.6 Å². The average Bonchev–Trinajstić information content (AvgIpc) is 2.80. The first-order valence-electron chi connectivity index (χ1n) is 4.96. The minimum absolute atomic E-state index is 0.116. The fourth-order valence-electron chi connectivity index (χ4n) is 1.81. The zero-order valence-corrected chi connectivity index (χ0v) is 8.87. The highest BCUT2D eigenvalue weighted by Crippen LogP contribution is 2.62. The predicted octanol–water partition coefficient (Wildman–Crippen LogP) is 2.86. The summed E-state index contributed by atoms with van der Waals surface area (Å²) in [5.74, 6) is -4.60. The van der Waals surface area contributed by atoms with Crippen molar-refractivity contribution in [1.29, 1.82) is 0 Å². The maximum Gasteiger partial charge on any atom is 0.346 e. The number of benzene rings is 1. The standard InChI is InChI=1S/C11H8F4O3/c12-9(13)18-10(5-11(10,14)15)7-3-1-6(2-4-7)8(16)17/h1-4,9H,5H2,(H,16,17). The van der Waals surface area contributed by atoms with Crippen LogP contribution in [0.1, 0.15) is 22.3 Å². The molecule has 0 amide bonds. The van der Waals surface area contributed by atoms with Crippen molar-refractivity contribution >= 4 is 5.97 Å². The minimum atomic E-state index is -3.37. The van der Waals surface area contributed by atoms with Crippen molar-refractivity contribution in [3.8, 4) is 0 Å². The molecule has 98 valence electrons. The summed E-state index contributed by atoms with van der Waals surface area (Å²) in [6.45, 7) is -3.32. The van der Waals surface area contributed by atoms with Gasteiger partial charge in [-0.15, -0.1) is 0 Å². The molecular formula is C11H8F4O3. The molecule has 1 N–H and O–H groups in total. The largest absolute Gasteiger partial charge is 0.478 e. The number of rotatable bonds is 4. The van der Waals surface area contributed by atoms with Crippen molar-refractivity contribution in [1.82, 2.24) is 0 Å². The second kappa shape index (κ2) is 3.94. The summed E-state index contributed by atoms with van der Waals surface area (Å²) in [5.41, 5.74) is -2.61. The SMILES string of the molecule is O=C(O)c1ccc(C2(OC(F)F)CC2(F)F)cc1. The molecule has 1 aromatic rings. The number of carboxylic acid groups (broad SMARTS) is 1. The van der Waals surface area contributed by atoms with E-state index >= 15 is 0 Å². The highest BCUT2D eigenvalue weighted by molar-refractivity contribution is 5.87. The van der Waals surface area contributed by atoms with Crippen LogP contribution >= 0.6 is 0 Å². The average molecular weight is 264 g/mol. The molecule has 0 bridgehead atoms. The minimum Gasteiger partial charge on any atom is -0.478 e. The number of alkyl halides is 4. The third kappa shape index (κ3) is 1.94. The number of halogens is 4. The number of carbonyl (C=O) groups is 1. The molecule has 2 rings (SSSR count). The predicted molar refractivity (Wildman–Crippen MR) is 51.7 cm³/mol. The lowest BCUT2D eigenvalue weighted by molar-refractivity contribution is -0.203. The maximum atomic E-state index is 13.2.